The molecular formula is C16H26N2O2S. The van der Waals surface area contributed by atoms with Crippen molar-refractivity contribution in [3.8, 4) is 0 Å². The third-order valence-corrected chi connectivity index (χ3v) is 5.88. The van der Waals surface area contributed by atoms with E-state index >= 15 is 0 Å². The Kier molecular flexibility index (Phi) is 6.21. The predicted octanol–water partition coefficient (Wildman–Crippen LogP) is 2.40. The molecule has 1 aliphatic rings. The Balaban J connectivity index is 2.05. The summed E-state index contributed by atoms with van der Waals surface area (Å²) in [5.74, 6) is 0. The zero-order valence-corrected chi connectivity index (χ0v) is 13.7. The molecule has 1 saturated heterocycles. The second kappa shape index (κ2) is 7.92. The highest BCUT2D eigenvalue weighted by atomic mass is 32.2. The van der Waals surface area contributed by atoms with Gasteiger partial charge in [0.2, 0.25) is 10.0 Å². The highest BCUT2D eigenvalue weighted by Crippen LogP contribution is 2.20. The molecule has 0 unspecified atom stereocenters. The molecule has 1 N–H and O–H groups in total. The molecule has 0 aromatic heterocycles. The van der Waals surface area contributed by atoms with Gasteiger partial charge in [-0.3, -0.25) is 0 Å². The molecule has 1 aliphatic heterocycles. The van der Waals surface area contributed by atoms with Gasteiger partial charge in [-0.25, -0.2) is 8.42 Å². The van der Waals surface area contributed by atoms with Crippen LogP contribution in [0.25, 0.3) is 0 Å². The number of nitrogens with one attached hydrogen (secondary N) is 1. The highest BCUT2D eigenvalue weighted by Gasteiger charge is 2.24. The lowest BCUT2D eigenvalue weighted by molar-refractivity contribution is 0.423. The molecule has 0 aliphatic carbocycles. The van der Waals surface area contributed by atoms with Crippen LogP contribution in [0.3, 0.4) is 0 Å². The van der Waals surface area contributed by atoms with Gasteiger partial charge >= 0.3 is 0 Å². The van der Waals surface area contributed by atoms with Crippen LogP contribution in [-0.2, 0) is 16.4 Å². The number of sulfonamides is 1. The predicted molar refractivity (Wildman–Crippen MR) is 85.9 cm³/mol. The minimum atomic E-state index is -3.31. The summed E-state index contributed by atoms with van der Waals surface area (Å²) in [7, 11) is -3.31. The van der Waals surface area contributed by atoms with Crippen LogP contribution in [0.1, 0.15) is 38.2 Å². The average molecular weight is 310 g/mol. The molecule has 1 heterocycles. The lowest BCUT2D eigenvalue weighted by Gasteiger charge is -2.20. The van der Waals surface area contributed by atoms with E-state index in [4.69, 9.17) is 0 Å². The molecule has 2 rings (SSSR count). The number of rotatable bonds is 6. The Morgan fingerprint density at radius 1 is 1.05 bits per heavy atom. The normalized spacial score (nSPS) is 17.6. The first-order valence-electron chi connectivity index (χ1n) is 7.94. The van der Waals surface area contributed by atoms with Crippen LogP contribution in [0.4, 0.5) is 0 Å². The zero-order valence-electron chi connectivity index (χ0n) is 12.8. The number of benzene rings is 1. The van der Waals surface area contributed by atoms with Crippen LogP contribution in [-0.4, -0.2) is 38.9 Å². The van der Waals surface area contributed by atoms with Crippen LogP contribution in [0, 0.1) is 0 Å². The van der Waals surface area contributed by atoms with Crippen LogP contribution in [0.2, 0.25) is 0 Å². The molecule has 0 amide bonds. The quantitative estimate of drug-likeness (QED) is 0.821. The summed E-state index contributed by atoms with van der Waals surface area (Å²) < 4.78 is 26.9. The summed E-state index contributed by atoms with van der Waals surface area (Å²) in [5, 5.41) is 3.27. The second-order valence-electron chi connectivity index (χ2n) is 5.57. The Labute approximate surface area is 128 Å². The van der Waals surface area contributed by atoms with Gasteiger partial charge in [0.15, 0.2) is 0 Å². The zero-order chi connectivity index (χ0) is 15.1. The van der Waals surface area contributed by atoms with Crippen molar-refractivity contribution in [3.05, 3.63) is 29.8 Å². The minimum Gasteiger partial charge on any atom is -0.317 e. The Bertz CT molecular complexity index is 518. The fourth-order valence-corrected chi connectivity index (χ4v) is 4.19. The molecule has 0 radical (unpaired) electrons. The van der Waals surface area contributed by atoms with Gasteiger partial charge in [0.1, 0.15) is 0 Å². The SMILES string of the molecule is CCNCCc1ccc(S(=O)(=O)N2CCCCCC2)cc1. The largest absolute Gasteiger partial charge is 0.317 e. The maximum atomic E-state index is 12.6. The second-order valence-corrected chi connectivity index (χ2v) is 7.50. The molecule has 118 valence electrons. The van der Waals surface area contributed by atoms with Gasteiger partial charge in [-0.1, -0.05) is 31.9 Å². The van der Waals surface area contributed by atoms with Crippen molar-refractivity contribution in [2.45, 2.75) is 43.9 Å². The molecule has 21 heavy (non-hydrogen) atoms. The van der Waals surface area contributed by atoms with Gasteiger partial charge < -0.3 is 5.32 Å². The van der Waals surface area contributed by atoms with Gasteiger partial charge in [0.05, 0.1) is 4.90 Å². The topological polar surface area (TPSA) is 49.4 Å². The Morgan fingerprint density at radius 3 is 2.24 bits per heavy atom. The van der Waals surface area contributed by atoms with Crippen molar-refractivity contribution in [3.63, 3.8) is 0 Å². The molecule has 1 aromatic carbocycles. The fourth-order valence-electron chi connectivity index (χ4n) is 2.67. The van der Waals surface area contributed by atoms with Gasteiger partial charge in [-0.15, -0.1) is 0 Å². The first-order valence-corrected chi connectivity index (χ1v) is 9.38. The van der Waals surface area contributed by atoms with Crippen LogP contribution in [0.5, 0.6) is 0 Å². The highest BCUT2D eigenvalue weighted by molar-refractivity contribution is 7.89. The fraction of sp³-hybridized carbons (Fsp3) is 0.625. The summed E-state index contributed by atoms with van der Waals surface area (Å²) in [4.78, 5) is 0.427. The molecule has 0 spiro atoms. The summed E-state index contributed by atoms with van der Waals surface area (Å²) in [6.07, 6.45) is 5.14. The maximum Gasteiger partial charge on any atom is 0.243 e. The molecule has 0 saturated carbocycles. The van der Waals surface area contributed by atoms with E-state index in [9.17, 15) is 8.42 Å². The molecule has 1 aromatic rings. The molecule has 4 nitrogen and oxygen atoms in total. The number of likely N-dealkylation sites (N-methyl/N-ethyl adjacent to an activating group) is 1. The van der Waals surface area contributed by atoms with Crippen molar-refractivity contribution in [1.29, 1.82) is 0 Å². The molecule has 5 heteroatoms. The van der Waals surface area contributed by atoms with E-state index < -0.39 is 10.0 Å². The lowest BCUT2D eigenvalue weighted by atomic mass is 10.1. The summed E-state index contributed by atoms with van der Waals surface area (Å²) in [5.41, 5.74) is 1.17. The van der Waals surface area contributed by atoms with Crippen molar-refractivity contribution in [2.24, 2.45) is 0 Å². The smallest absolute Gasteiger partial charge is 0.243 e. The van der Waals surface area contributed by atoms with E-state index in [1.54, 1.807) is 16.4 Å². The van der Waals surface area contributed by atoms with Gasteiger partial charge in [-0.05, 0) is 50.0 Å². The van der Waals surface area contributed by atoms with Gasteiger partial charge in [-0.2, -0.15) is 4.31 Å². The van der Waals surface area contributed by atoms with E-state index in [1.807, 2.05) is 12.1 Å². The van der Waals surface area contributed by atoms with Crippen molar-refractivity contribution < 1.29 is 8.42 Å². The van der Waals surface area contributed by atoms with Crippen LogP contribution >= 0.6 is 0 Å². The summed E-state index contributed by atoms with van der Waals surface area (Å²) in [6.45, 7) is 5.28. The van der Waals surface area contributed by atoms with E-state index in [-0.39, 0.29) is 0 Å². The minimum absolute atomic E-state index is 0.427. The molecular weight excluding hydrogens is 284 g/mol. The van der Waals surface area contributed by atoms with Crippen molar-refractivity contribution in [2.75, 3.05) is 26.2 Å². The monoisotopic (exact) mass is 310 g/mol. The van der Waals surface area contributed by atoms with Crippen molar-refractivity contribution in [1.82, 2.24) is 9.62 Å². The third-order valence-electron chi connectivity index (χ3n) is 3.97. The van der Waals surface area contributed by atoms with Crippen molar-refractivity contribution >= 4 is 10.0 Å². The Hall–Kier alpha value is -0.910. The molecule has 1 fully saturated rings. The van der Waals surface area contributed by atoms with Gasteiger partial charge in [0.25, 0.3) is 0 Å². The first kappa shape index (κ1) is 16.5. The van der Waals surface area contributed by atoms with Crippen LogP contribution in [0.15, 0.2) is 29.2 Å². The first-order chi connectivity index (χ1) is 10.1. The van der Waals surface area contributed by atoms with E-state index in [0.29, 0.717) is 18.0 Å². The van der Waals surface area contributed by atoms with Crippen LogP contribution < -0.4 is 5.32 Å². The summed E-state index contributed by atoms with van der Waals surface area (Å²) in [6, 6.07) is 7.37. The van der Waals surface area contributed by atoms with Gasteiger partial charge in [0, 0.05) is 13.1 Å². The van der Waals surface area contributed by atoms with E-state index in [0.717, 1.165) is 45.2 Å². The number of nitrogens with zero attached hydrogens (tertiary/aromatic N) is 1. The molecule has 0 bridgehead atoms. The standard InChI is InChI=1S/C16H26N2O2S/c1-2-17-12-11-15-7-9-16(10-8-15)21(19,20)18-13-5-3-4-6-14-18/h7-10,17H,2-6,11-14H2,1H3. The summed E-state index contributed by atoms with van der Waals surface area (Å²) >= 11 is 0. The third kappa shape index (κ3) is 4.53. The Morgan fingerprint density at radius 2 is 1.67 bits per heavy atom. The average Bonchev–Trinajstić information content (AvgIpc) is 2.78. The van der Waals surface area contributed by atoms with E-state index in [1.165, 1.54) is 5.56 Å². The molecule has 0 atom stereocenters. The number of hydrogen-bond donors (Lipinski definition) is 1. The lowest BCUT2D eigenvalue weighted by Crippen LogP contribution is -2.31. The van der Waals surface area contributed by atoms with E-state index in [2.05, 4.69) is 12.2 Å². The maximum absolute atomic E-state index is 12.6. The number of hydrogen-bond acceptors (Lipinski definition) is 3.